The van der Waals surface area contributed by atoms with Crippen molar-refractivity contribution >= 4 is 10.9 Å². The molecule has 1 atom stereocenters. The molecule has 0 spiro atoms. The first-order valence-electron chi connectivity index (χ1n) is 10.5. The van der Waals surface area contributed by atoms with Crippen LogP contribution in [0.4, 0.5) is 0 Å². The number of rotatable bonds is 6. The van der Waals surface area contributed by atoms with Crippen LogP contribution in [-0.2, 0) is 7.05 Å². The van der Waals surface area contributed by atoms with E-state index in [4.69, 9.17) is 9.72 Å². The molecule has 1 aliphatic heterocycles. The van der Waals surface area contributed by atoms with E-state index in [0.717, 1.165) is 23.4 Å². The summed E-state index contributed by atoms with van der Waals surface area (Å²) in [5.74, 6) is 2.01. The Hall–Kier alpha value is -2.66. The summed E-state index contributed by atoms with van der Waals surface area (Å²) < 4.78 is 7.62. The number of aromatic nitrogens is 2. The summed E-state index contributed by atoms with van der Waals surface area (Å²) >= 11 is 0. The number of fused-ring (bicyclic) bond motifs is 1. The number of ether oxygens (including phenoxy) is 1. The van der Waals surface area contributed by atoms with Crippen molar-refractivity contribution in [1.29, 1.82) is 0 Å². The van der Waals surface area contributed by atoms with Gasteiger partial charge in [0.25, 0.3) is 5.56 Å². The maximum atomic E-state index is 12.6. The minimum atomic E-state index is -0.0301. The second kappa shape index (κ2) is 8.78. The molecule has 3 aromatic rings. The van der Waals surface area contributed by atoms with Gasteiger partial charge >= 0.3 is 0 Å². The maximum absolute atomic E-state index is 12.6. The van der Waals surface area contributed by atoms with E-state index < -0.39 is 0 Å². The molecular formula is C24H29N3O2. The molecule has 152 valence electrons. The quantitative estimate of drug-likeness (QED) is 0.635. The van der Waals surface area contributed by atoms with Crippen LogP contribution in [0.3, 0.4) is 0 Å². The van der Waals surface area contributed by atoms with Crippen molar-refractivity contribution in [3.63, 3.8) is 0 Å². The molecule has 0 bridgehead atoms. The van der Waals surface area contributed by atoms with Crippen molar-refractivity contribution in [2.24, 2.45) is 13.0 Å². The van der Waals surface area contributed by atoms with Crippen molar-refractivity contribution in [3.05, 3.63) is 58.9 Å². The van der Waals surface area contributed by atoms with Gasteiger partial charge in [0.2, 0.25) is 0 Å². The zero-order chi connectivity index (χ0) is 20.2. The number of likely N-dealkylation sites (tertiary alicyclic amines) is 1. The lowest BCUT2D eigenvalue weighted by molar-refractivity contribution is 0.165. The molecule has 2 aromatic carbocycles. The van der Waals surface area contributed by atoms with Gasteiger partial charge in [-0.25, -0.2) is 4.98 Å². The minimum absolute atomic E-state index is 0.0301. The number of benzene rings is 2. The SMILES string of the molecule is CC(COc1ccc(-c2nc3ccccc3c(=O)n2C)cc1)CN1CCCCC1. The normalized spacial score (nSPS) is 16.1. The summed E-state index contributed by atoms with van der Waals surface area (Å²) in [5.41, 5.74) is 1.60. The third kappa shape index (κ3) is 4.51. The zero-order valence-electron chi connectivity index (χ0n) is 17.3. The van der Waals surface area contributed by atoms with Crippen molar-refractivity contribution in [3.8, 4) is 17.1 Å². The molecule has 4 rings (SSSR count). The molecule has 1 aromatic heterocycles. The summed E-state index contributed by atoms with van der Waals surface area (Å²) in [7, 11) is 1.77. The molecule has 1 saturated heterocycles. The molecular weight excluding hydrogens is 362 g/mol. The van der Waals surface area contributed by atoms with E-state index in [1.165, 1.54) is 32.4 Å². The molecule has 0 N–H and O–H groups in total. The Bertz CT molecular complexity index is 1020. The molecule has 0 aliphatic carbocycles. The highest BCUT2D eigenvalue weighted by atomic mass is 16.5. The molecule has 2 heterocycles. The Balaban J connectivity index is 1.43. The summed E-state index contributed by atoms with van der Waals surface area (Å²) in [4.78, 5) is 19.9. The van der Waals surface area contributed by atoms with Crippen LogP contribution >= 0.6 is 0 Å². The fourth-order valence-electron chi connectivity index (χ4n) is 4.05. The van der Waals surface area contributed by atoms with Gasteiger partial charge in [-0.2, -0.15) is 0 Å². The highest BCUT2D eigenvalue weighted by molar-refractivity contribution is 5.79. The van der Waals surface area contributed by atoms with Crippen molar-refractivity contribution < 1.29 is 4.74 Å². The van der Waals surface area contributed by atoms with Gasteiger partial charge in [-0.15, -0.1) is 0 Å². The van der Waals surface area contributed by atoms with E-state index in [0.29, 0.717) is 23.7 Å². The largest absolute Gasteiger partial charge is 0.493 e. The van der Waals surface area contributed by atoms with Crippen molar-refractivity contribution in [2.45, 2.75) is 26.2 Å². The summed E-state index contributed by atoms with van der Waals surface area (Å²) in [6.07, 6.45) is 4.01. The Morgan fingerprint density at radius 3 is 2.52 bits per heavy atom. The fraction of sp³-hybridized carbons (Fsp3) is 0.417. The monoisotopic (exact) mass is 391 g/mol. The summed E-state index contributed by atoms with van der Waals surface area (Å²) in [6, 6.07) is 15.3. The lowest BCUT2D eigenvalue weighted by Gasteiger charge is -2.29. The third-order valence-corrected chi connectivity index (χ3v) is 5.65. The van der Waals surface area contributed by atoms with Crippen LogP contribution in [0.15, 0.2) is 53.3 Å². The maximum Gasteiger partial charge on any atom is 0.261 e. The predicted molar refractivity (Wildman–Crippen MR) is 117 cm³/mol. The Morgan fingerprint density at radius 2 is 1.76 bits per heavy atom. The average Bonchev–Trinajstić information content (AvgIpc) is 2.76. The van der Waals surface area contributed by atoms with Crippen LogP contribution in [0.1, 0.15) is 26.2 Å². The summed E-state index contributed by atoms with van der Waals surface area (Å²) in [6.45, 7) is 6.49. The Morgan fingerprint density at radius 1 is 1.03 bits per heavy atom. The zero-order valence-corrected chi connectivity index (χ0v) is 17.3. The van der Waals surface area contributed by atoms with Crippen LogP contribution < -0.4 is 10.3 Å². The molecule has 0 saturated carbocycles. The minimum Gasteiger partial charge on any atom is -0.493 e. The van der Waals surface area contributed by atoms with Crippen LogP contribution in [0.5, 0.6) is 5.75 Å². The second-order valence-electron chi connectivity index (χ2n) is 8.12. The lowest BCUT2D eigenvalue weighted by atomic mass is 10.1. The van der Waals surface area contributed by atoms with Crippen LogP contribution in [0.25, 0.3) is 22.3 Å². The van der Waals surface area contributed by atoms with Gasteiger partial charge in [-0.1, -0.05) is 25.5 Å². The standard InChI is InChI=1S/C24H29N3O2/c1-18(16-27-14-6-3-7-15-27)17-29-20-12-10-19(11-13-20)23-25-22-9-5-4-8-21(22)24(28)26(23)2/h4-5,8-13,18H,3,6-7,14-17H2,1-2H3. The van der Waals surface area contributed by atoms with Crippen LogP contribution in [0, 0.1) is 5.92 Å². The van der Waals surface area contributed by atoms with Gasteiger partial charge in [-0.3, -0.25) is 9.36 Å². The van der Waals surface area contributed by atoms with Gasteiger partial charge < -0.3 is 9.64 Å². The van der Waals surface area contributed by atoms with Gasteiger partial charge in [0.15, 0.2) is 0 Å². The molecule has 5 nitrogen and oxygen atoms in total. The number of hydrogen-bond donors (Lipinski definition) is 0. The van der Waals surface area contributed by atoms with Gasteiger partial charge in [0.05, 0.1) is 17.5 Å². The summed E-state index contributed by atoms with van der Waals surface area (Å²) in [5, 5.41) is 0.640. The second-order valence-corrected chi connectivity index (χ2v) is 8.12. The van der Waals surface area contributed by atoms with E-state index in [1.54, 1.807) is 11.6 Å². The number of hydrogen-bond acceptors (Lipinski definition) is 4. The van der Waals surface area contributed by atoms with E-state index in [2.05, 4.69) is 11.8 Å². The topological polar surface area (TPSA) is 47.4 Å². The molecule has 1 fully saturated rings. The molecule has 0 amide bonds. The predicted octanol–water partition coefficient (Wildman–Crippen LogP) is 4.10. The Kier molecular flexibility index (Phi) is 5.95. The van der Waals surface area contributed by atoms with Crippen LogP contribution in [0.2, 0.25) is 0 Å². The highest BCUT2D eigenvalue weighted by Crippen LogP contribution is 2.22. The first kappa shape index (κ1) is 19.6. The van der Waals surface area contributed by atoms with Crippen molar-refractivity contribution in [2.75, 3.05) is 26.2 Å². The molecule has 1 unspecified atom stereocenters. The highest BCUT2D eigenvalue weighted by Gasteiger charge is 2.14. The molecule has 29 heavy (non-hydrogen) atoms. The molecule has 5 heteroatoms. The molecule has 1 aliphatic rings. The number of para-hydroxylation sites is 1. The molecule has 0 radical (unpaired) electrons. The van der Waals surface area contributed by atoms with Crippen LogP contribution in [-0.4, -0.2) is 40.7 Å². The van der Waals surface area contributed by atoms with Crippen molar-refractivity contribution in [1.82, 2.24) is 14.5 Å². The Labute approximate surface area is 171 Å². The first-order valence-corrected chi connectivity index (χ1v) is 10.5. The third-order valence-electron chi connectivity index (χ3n) is 5.65. The fourth-order valence-corrected chi connectivity index (χ4v) is 4.05. The van der Waals surface area contributed by atoms with E-state index >= 15 is 0 Å². The van der Waals surface area contributed by atoms with Gasteiger partial charge in [0, 0.05) is 25.1 Å². The van der Waals surface area contributed by atoms with Gasteiger partial charge in [-0.05, 0) is 62.3 Å². The number of piperidine rings is 1. The average molecular weight is 392 g/mol. The van der Waals surface area contributed by atoms with E-state index in [-0.39, 0.29) is 5.56 Å². The first-order chi connectivity index (χ1) is 14.1. The number of nitrogens with zero attached hydrogens (tertiary/aromatic N) is 3. The van der Waals surface area contributed by atoms with E-state index in [1.807, 2.05) is 48.5 Å². The smallest absolute Gasteiger partial charge is 0.261 e. The lowest BCUT2D eigenvalue weighted by Crippen LogP contribution is -2.35. The van der Waals surface area contributed by atoms with E-state index in [9.17, 15) is 4.79 Å². The van der Waals surface area contributed by atoms with Gasteiger partial charge in [0.1, 0.15) is 11.6 Å².